The van der Waals surface area contributed by atoms with Gasteiger partial charge in [0.2, 0.25) is 0 Å². The van der Waals surface area contributed by atoms with E-state index >= 15 is 0 Å². The molecule has 1 unspecified atom stereocenters. The molecule has 1 aliphatic heterocycles. The highest BCUT2D eigenvalue weighted by atomic mass is 19.4. The van der Waals surface area contributed by atoms with Gasteiger partial charge in [-0.2, -0.15) is 13.2 Å². The first-order chi connectivity index (χ1) is 8.98. The lowest BCUT2D eigenvalue weighted by Crippen LogP contribution is -2.52. The van der Waals surface area contributed by atoms with Crippen LogP contribution in [-0.2, 0) is 10.2 Å². The van der Waals surface area contributed by atoms with E-state index in [4.69, 9.17) is 0 Å². The third-order valence-electron chi connectivity index (χ3n) is 4.38. The Morgan fingerprint density at radius 3 is 2.53 bits per heavy atom. The van der Waals surface area contributed by atoms with E-state index in [2.05, 4.69) is 0 Å². The Bertz CT molecular complexity index is 508. The second-order valence-electron chi connectivity index (χ2n) is 5.35. The molecule has 1 spiro atoms. The van der Waals surface area contributed by atoms with Crippen LogP contribution in [0.2, 0.25) is 0 Å². The van der Waals surface area contributed by atoms with Crippen molar-refractivity contribution in [3.05, 3.63) is 29.8 Å². The molecule has 1 aromatic rings. The number of benzene rings is 1. The quantitative estimate of drug-likeness (QED) is 0.769. The second-order valence-corrected chi connectivity index (χ2v) is 5.35. The molecule has 5 heteroatoms. The maximum absolute atomic E-state index is 12.7. The molecular weight excluding hydrogens is 255 g/mol. The van der Waals surface area contributed by atoms with E-state index in [1.54, 1.807) is 12.1 Å². The number of carbonyl (C=O) groups excluding carboxylic acids is 1. The molecule has 2 aliphatic rings. The fraction of sp³-hybridized carbons (Fsp3) is 0.500. The van der Waals surface area contributed by atoms with E-state index in [1.807, 2.05) is 12.1 Å². The number of alkyl halides is 3. The standard InChI is InChI=1S/C14H14F3NO/c15-14(16,17)9-18-11-5-2-1-4-10(11)13(6-3-7-13)12(18)8-19/h1-2,4-5,8,12H,3,6-7,9H2. The number of carbonyl (C=O) groups is 1. The first kappa shape index (κ1) is 12.5. The van der Waals surface area contributed by atoms with E-state index in [1.165, 1.54) is 4.90 Å². The summed E-state index contributed by atoms with van der Waals surface area (Å²) in [5, 5.41) is 0. The molecule has 1 saturated carbocycles. The zero-order valence-corrected chi connectivity index (χ0v) is 10.3. The highest BCUT2D eigenvalue weighted by molar-refractivity contribution is 5.78. The van der Waals surface area contributed by atoms with Crippen LogP contribution in [0.1, 0.15) is 24.8 Å². The van der Waals surface area contributed by atoms with Crippen molar-refractivity contribution in [2.24, 2.45) is 0 Å². The van der Waals surface area contributed by atoms with Gasteiger partial charge in [-0.3, -0.25) is 0 Å². The zero-order valence-electron chi connectivity index (χ0n) is 10.3. The highest BCUT2D eigenvalue weighted by Gasteiger charge is 2.55. The van der Waals surface area contributed by atoms with Gasteiger partial charge < -0.3 is 9.69 Å². The molecule has 1 aliphatic carbocycles. The van der Waals surface area contributed by atoms with Crippen LogP contribution in [0, 0.1) is 0 Å². The van der Waals surface area contributed by atoms with Gasteiger partial charge >= 0.3 is 6.18 Å². The molecule has 1 atom stereocenters. The molecule has 0 amide bonds. The Balaban J connectivity index is 2.07. The molecule has 102 valence electrons. The molecule has 0 N–H and O–H groups in total. The van der Waals surface area contributed by atoms with E-state index in [0.29, 0.717) is 12.0 Å². The van der Waals surface area contributed by atoms with E-state index in [9.17, 15) is 18.0 Å². The van der Waals surface area contributed by atoms with E-state index < -0.39 is 18.8 Å². The van der Waals surface area contributed by atoms with Crippen molar-refractivity contribution in [2.45, 2.75) is 36.9 Å². The normalized spacial score (nSPS) is 24.2. The molecule has 0 radical (unpaired) electrons. The lowest BCUT2D eigenvalue weighted by molar-refractivity contribution is -0.123. The molecule has 1 aromatic carbocycles. The van der Waals surface area contributed by atoms with Crippen LogP contribution in [0.3, 0.4) is 0 Å². The van der Waals surface area contributed by atoms with Crippen LogP contribution in [0.25, 0.3) is 0 Å². The van der Waals surface area contributed by atoms with Crippen molar-refractivity contribution < 1.29 is 18.0 Å². The van der Waals surface area contributed by atoms with Crippen LogP contribution in [-0.4, -0.2) is 25.0 Å². The van der Waals surface area contributed by atoms with Crippen LogP contribution < -0.4 is 4.90 Å². The number of rotatable bonds is 2. The largest absolute Gasteiger partial charge is 0.405 e. The number of para-hydroxylation sites is 1. The lowest BCUT2D eigenvalue weighted by Gasteiger charge is -2.43. The number of nitrogens with zero attached hydrogens (tertiary/aromatic N) is 1. The van der Waals surface area contributed by atoms with Crippen LogP contribution in [0.15, 0.2) is 24.3 Å². The minimum atomic E-state index is -4.30. The molecule has 2 nitrogen and oxygen atoms in total. The van der Waals surface area contributed by atoms with Crippen molar-refractivity contribution in [3.63, 3.8) is 0 Å². The summed E-state index contributed by atoms with van der Waals surface area (Å²) in [5.74, 6) is 0. The van der Waals surface area contributed by atoms with Gasteiger partial charge in [-0.25, -0.2) is 0 Å². The van der Waals surface area contributed by atoms with Crippen LogP contribution in [0.5, 0.6) is 0 Å². The molecule has 1 fully saturated rings. The summed E-state index contributed by atoms with van der Waals surface area (Å²) in [6.45, 7) is -1.06. The monoisotopic (exact) mass is 269 g/mol. The Morgan fingerprint density at radius 2 is 2.00 bits per heavy atom. The van der Waals surface area contributed by atoms with Crippen molar-refractivity contribution >= 4 is 12.0 Å². The topological polar surface area (TPSA) is 20.3 Å². The average molecular weight is 269 g/mol. The van der Waals surface area contributed by atoms with Gasteiger partial charge in [0.05, 0.1) is 6.04 Å². The van der Waals surface area contributed by atoms with Gasteiger partial charge in [-0.15, -0.1) is 0 Å². The van der Waals surface area contributed by atoms with Gasteiger partial charge in [0.15, 0.2) is 0 Å². The Labute approximate surface area is 109 Å². The summed E-state index contributed by atoms with van der Waals surface area (Å²) >= 11 is 0. The molecular formula is C14H14F3NO. The van der Waals surface area contributed by atoms with Gasteiger partial charge in [0.1, 0.15) is 12.8 Å². The summed E-state index contributed by atoms with van der Waals surface area (Å²) in [6.07, 6.45) is -1.06. The first-order valence-electron chi connectivity index (χ1n) is 6.36. The highest BCUT2D eigenvalue weighted by Crippen LogP contribution is 2.56. The Hall–Kier alpha value is -1.52. The molecule has 0 bridgehead atoms. The number of fused-ring (bicyclic) bond motifs is 2. The van der Waals surface area contributed by atoms with Crippen LogP contribution >= 0.6 is 0 Å². The van der Waals surface area contributed by atoms with Gasteiger partial charge in [-0.05, 0) is 24.5 Å². The summed E-state index contributed by atoms with van der Waals surface area (Å²) < 4.78 is 38.2. The van der Waals surface area contributed by atoms with Crippen molar-refractivity contribution in [1.29, 1.82) is 0 Å². The van der Waals surface area contributed by atoms with Crippen molar-refractivity contribution in [1.82, 2.24) is 0 Å². The molecule has 3 rings (SSSR count). The molecule has 19 heavy (non-hydrogen) atoms. The maximum atomic E-state index is 12.7. The van der Waals surface area contributed by atoms with Gasteiger partial charge in [-0.1, -0.05) is 24.6 Å². The smallest absolute Gasteiger partial charge is 0.352 e. The van der Waals surface area contributed by atoms with Crippen molar-refractivity contribution in [2.75, 3.05) is 11.4 Å². The minimum absolute atomic E-state index is 0.385. The third-order valence-corrected chi connectivity index (χ3v) is 4.38. The summed E-state index contributed by atoms with van der Waals surface area (Å²) in [6, 6.07) is 6.42. The average Bonchev–Trinajstić information content (AvgIpc) is 2.57. The molecule has 0 saturated heterocycles. The fourth-order valence-electron chi connectivity index (χ4n) is 3.46. The number of hydrogen-bond donors (Lipinski definition) is 0. The predicted molar refractivity (Wildman–Crippen MR) is 65.2 cm³/mol. The SMILES string of the molecule is O=CC1N(CC(F)(F)F)c2ccccc2C12CCC2. The van der Waals surface area contributed by atoms with Gasteiger partial charge in [0, 0.05) is 11.1 Å². The summed E-state index contributed by atoms with van der Waals surface area (Å²) in [7, 11) is 0. The number of anilines is 1. The first-order valence-corrected chi connectivity index (χ1v) is 6.36. The maximum Gasteiger partial charge on any atom is 0.405 e. The fourth-order valence-corrected chi connectivity index (χ4v) is 3.46. The minimum Gasteiger partial charge on any atom is -0.352 e. The van der Waals surface area contributed by atoms with Crippen LogP contribution in [0.4, 0.5) is 18.9 Å². The summed E-state index contributed by atoms with van der Waals surface area (Å²) in [5.41, 5.74) is 1.09. The predicted octanol–water partition coefficient (Wildman–Crippen LogP) is 3.06. The van der Waals surface area contributed by atoms with Gasteiger partial charge in [0.25, 0.3) is 0 Å². The van der Waals surface area contributed by atoms with Crippen molar-refractivity contribution in [3.8, 4) is 0 Å². The second kappa shape index (κ2) is 3.99. The Kier molecular flexibility index (Phi) is 2.62. The number of aldehydes is 1. The molecule has 1 heterocycles. The van der Waals surface area contributed by atoms with E-state index in [-0.39, 0.29) is 5.41 Å². The lowest BCUT2D eigenvalue weighted by atomic mass is 9.62. The zero-order chi connectivity index (χ0) is 13.7. The third kappa shape index (κ3) is 1.75. The molecule has 0 aromatic heterocycles. The Morgan fingerprint density at radius 1 is 1.32 bits per heavy atom. The summed E-state index contributed by atoms with van der Waals surface area (Å²) in [4.78, 5) is 12.6. The number of halogens is 3. The number of hydrogen-bond acceptors (Lipinski definition) is 2. The van der Waals surface area contributed by atoms with E-state index in [0.717, 1.165) is 24.8 Å².